The monoisotopic (exact) mass is 456 g/mol. The minimum Gasteiger partial charge on any atom is -0.478 e. The largest absolute Gasteiger partial charge is 0.478 e. The standard InChI is InChI=1S/C30H48O3/c1-19(9-8-10-20(2)26(32)33)21-13-17-30(7)23-11-12-24-27(3,4)25(31)15-16-28(24,5)22(23)14-18-29(21,30)6/h10,19,21,24-25,31H,8-9,11-18H2,1-7H3,(H,32,33)/b20-10+/t19-,21-,24+,25+,28-,29-,30+/m1/s1. The third kappa shape index (κ3) is 3.58. The summed E-state index contributed by atoms with van der Waals surface area (Å²) in [6.07, 6.45) is 13.3. The van der Waals surface area contributed by atoms with Crippen LogP contribution in [0.5, 0.6) is 0 Å². The van der Waals surface area contributed by atoms with Gasteiger partial charge in [-0.2, -0.15) is 0 Å². The molecule has 4 aliphatic rings. The van der Waals surface area contributed by atoms with Gasteiger partial charge in [0.05, 0.1) is 6.10 Å². The molecule has 0 aromatic carbocycles. The second-order valence-electron chi connectivity index (χ2n) is 13.5. The van der Waals surface area contributed by atoms with Gasteiger partial charge in [0.1, 0.15) is 0 Å². The summed E-state index contributed by atoms with van der Waals surface area (Å²) in [5.74, 6) is 1.12. The lowest BCUT2D eigenvalue weighted by Gasteiger charge is -2.62. The Morgan fingerprint density at radius 2 is 1.73 bits per heavy atom. The van der Waals surface area contributed by atoms with Crippen LogP contribution in [0.15, 0.2) is 22.8 Å². The average molecular weight is 457 g/mol. The number of rotatable bonds is 5. The van der Waals surface area contributed by atoms with E-state index in [9.17, 15) is 9.90 Å². The van der Waals surface area contributed by atoms with Crippen LogP contribution in [0.25, 0.3) is 0 Å². The normalized spacial score (nSPS) is 43.5. The molecule has 3 nitrogen and oxygen atoms in total. The zero-order chi connectivity index (χ0) is 24.4. The van der Waals surface area contributed by atoms with E-state index in [1.54, 1.807) is 18.1 Å². The molecule has 0 spiro atoms. The molecule has 2 fully saturated rings. The second-order valence-corrected chi connectivity index (χ2v) is 13.5. The summed E-state index contributed by atoms with van der Waals surface area (Å²) in [7, 11) is 0. The van der Waals surface area contributed by atoms with Crippen molar-refractivity contribution in [1.82, 2.24) is 0 Å². The molecular formula is C30H48O3. The van der Waals surface area contributed by atoms with E-state index < -0.39 is 5.97 Å². The third-order valence-corrected chi connectivity index (χ3v) is 11.9. The number of carboxylic acids is 1. The molecule has 0 aromatic rings. The van der Waals surface area contributed by atoms with Crippen molar-refractivity contribution in [2.75, 3.05) is 0 Å². The molecule has 2 saturated carbocycles. The highest BCUT2D eigenvalue weighted by Crippen LogP contribution is 2.72. The molecule has 0 heterocycles. The van der Waals surface area contributed by atoms with Crippen molar-refractivity contribution < 1.29 is 15.0 Å². The summed E-state index contributed by atoms with van der Waals surface area (Å²) in [5.41, 5.74) is 4.95. The number of hydrogen-bond acceptors (Lipinski definition) is 2. The van der Waals surface area contributed by atoms with E-state index in [0.717, 1.165) is 25.7 Å². The lowest BCUT2D eigenvalue weighted by Crippen LogP contribution is -2.55. The van der Waals surface area contributed by atoms with E-state index in [1.165, 1.54) is 38.5 Å². The number of carbonyl (C=O) groups is 1. The minimum absolute atomic E-state index is 0.00150. The van der Waals surface area contributed by atoms with Crippen LogP contribution < -0.4 is 0 Å². The maximum atomic E-state index is 11.1. The van der Waals surface area contributed by atoms with Crippen LogP contribution >= 0.6 is 0 Å². The highest BCUT2D eigenvalue weighted by atomic mass is 16.4. The Bertz CT molecular complexity index is 866. The summed E-state index contributed by atoms with van der Waals surface area (Å²) in [4.78, 5) is 11.1. The molecule has 4 rings (SSSR count). The van der Waals surface area contributed by atoms with E-state index >= 15 is 0 Å². The molecule has 7 atom stereocenters. The first-order chi connectivity index (χ1) is 15.3. The van der Waals surface area contributed by atoms with Crippen molar-refractivity contribution in [3.05, 3.63) is 22.8 Å². The van der Waals surface area contributed by atoms with Crippen LogP contribution in [0.2, 0.25) is 0 Å². The van der Waals surface area contributed by atoms with E-state index in [4.69, 9.17) is 5.11 Å². The van der Waals surface area contributed by atoms with Crippen LogP contribution in [0.1, 0.15) is 113 Å². The zero-order valence-electron chi connectivity index (χ0n) is 22.3. The molecule has 186 valence electrons. The second kappa shape index (κ2) is 8.25. The van der Waals surface area contributed by atoms with Crippen molar-refractivity contribution in [2.24, 2.45) is 39.4 Å². The smallest absolute Gasteiger partial charge is 0.330 e. The first kappa shape index (κ1) is 25.0. The Morgan fingerprint density at radius 3 is 2.39 bits per heavy atom. The molecule has 3 heteroatoms. The first-order valence-electron chi connectivity index (χ1n) is 13.6. The maximum absolute atomic E-state index is 11.1. The van der Waals surface area contributed by atoms with Gasteiger partial charge in [-0.05, 0) is 111 Å². The fourth-order valence-corrected chi connectivity index (χ4v) is 9.48. The molecule has 0 aromatic heterocycles. The van der Waals surface area contributed by atoms with Gasteiger partial charge in [-0.15, -0.1) is 0 Å². The highest BCUT2D eigenvalue weighted by Gasteiger charge is 2.63. The van der Waals surface area contributed by atoms with Crippen LogP contribution in [0.3, 0.4) is 0 Å². The van der Waals surface area contributed by atoms with Gasteiger partial charge in [0.25, 0.3) is 0 Å². The Labute approximate surface area is 202 Å². The Morgan fingerprint density at radius 1 is 1.03 bits per heavy atom. The summed E-state index contributed by atoms with van der Waals surface area (Å²) < 4.78 is 0. The van der Waals surface area contributed by atoms with Gasteiger partial charge in [-0.1, -0.05) is 58.8 Å². The topological polar surface area (TPSA) is 57.5 Å². The summed E-state index contributed by atoms with van der Waals surface area (Å²) >= 11 is 0. The molecule has 0 unspecified atom stereocenters. The van der Waals surface area contributed by atoms with Crippen molar-refractivity contribution in [2.45, 2.75) is 119 Å². The SMILES string of the molecule is C/C(=C\CC[C@@H](C)[C@H]1CC[C@@]2(C)C3=C(CC[C@]12C)[C@@]1(C)CC[C@H](O)C(C)(C)[C@@H]1CC3)C(=O)O. The summed E-state index contributed by atoms with van der Waals surface area (Å²) in [6.45, 7) is 16.5. The molecule has 33 heavy (non-hydrogen) atoms. The highest BCUT2D eigenvalue weighted by molar-refractivity contribution is 5.85. The van der Waals surface area contributed by atoms with Crippen molar-refractivity contribution in [1.29, 1.82) is 0 Å². The van der Waals surface area contributed by atoms with Crippen molar-refractivity contribution >= 4 is 5.97 Å². The molecule has 0 radical (unpaired) electrons. The lowest BCUT2D eigenvalue weighted by atomic mass is 9.43. The number of carboxylic acid groups (broad SMARTS) is 1. The maximum Gasteiger partial charge on any atom is 0.330 e. The van der Waals surface area contributed by atoms with Crippen LogP contribution in [-0.2, 0) is 4.79 Å². The van der Waals surface area contributed by atoms with Crippen LogP contribution in [0, 0.1) is 39.4 Å². The van der Waals surface area contributed by atoms with E-state index in [0.29, 0.717) is 34.2 Å². The minimum atomic E-state index is -0.794. The fraction of sp³-hybridized carbons (Fsp3) is 0.833. The molecule has 4 aliphatic carbocycles. The molecule has 0 amide bonds. The van der Waals surface area contributed by atoms with E-state index in [-0.39, 0.29) is 16.9 Å². The van der Waals surface area contributed by atoms with Crippen molar-refractivity contribution in [3.8, 4) is 0 Å². The quantitative estimate of drug-likeness (QED) is 0.332. The number of allylic oxidation sites excluding steroid dienone is 3. The molecule has 0 bridgehead atoms. The number of aliphatic carboxylic acids is 1. The Kier molecular flexibility index (Phi) is 6.25. The van der Waals surface area contributed by atoms with Gasteiger partial charge in [-0.3, -0.25) is 0 Å². The van der Waals surface area contributed by atoms with Gasteiger partial charge in [0.15, 0.2) is 0 Å². The third-order valence-electron chi connectivity index (χ3n) is 11.9. The number of hydrogen-bond donors (Lipinski definition) is 2. The molecule has 0 aliphatic heterocycles. The molecular weight excluding hydrogens is 408 g/mol. The zero-order valence-corrected chi connectivity index (χ0v) is 22.3. The lowest BCUT2D eigenvalue weighted by molar-refractivity contribution is -0.132. The van der Waals surface area contributed by atoms with Gasteiger partial charge >= 0.3 is 5.97 Å². The predicted molar refractivity (Wildman–Crippen MR) is 135 cm³/mol. The van der Waals surface area contributed by atoms with Gasteiger partial charge in [0, 0.05) is 5.57 Å². The average Bonchev–Trinajstić information content (AvgIpc) is 3.02. The van der Waals surface area contributed by atoms with Crippen LogP contribution in [0.4, 0.5) is 0 Å². The number of aliphatic hydroxyl groups excluding tert-OH is 1. The summed E-state index contributed by atoms with van der Waals surface area (Å²) in [5, 5.41) is 20.0. The number of fused-ring (bicyclic) bond motifs is 4. The molecule has 0 saturated heterocycles. The number of aliphatic hydroxyl groups is 1. The van der Waals surface area contributed by atoms with Gasteiger partial charge in [-0.25, -0.2) is 4.79 Å². The van der Waals surface area contributed by atoms with E-state index in [2.05, 4.69) is 41.5 Å². The Hall–Kier alpha value is -1.09. The first-order valence-corrected chi connectivity index (χ1v) is 13.6. The van der Waals surface area contributed by atoms with Gasteiger partial charge in [0.2, 0.25) is 0 Å². The van der Waals surface area contributed by atoms with Crippen LogP contribution in [-0.4, -0.2) is 22.3 Å². The predicted octanol–water partition coefficient (Wildman–Crippen LogP) is 7.54. The summed E-state index contributed by atoms with van der Waals surface area (Å²) in [6, 6.07) is 0. The van der Waals surface area contributed by atoms with Gasteiger partial charge < -0.3 is 10.2 Å². The van der Waals surface area contributed by atoms with Crippen molar-refractivity contribution in [3.63, 3.8) is 0 Å². The fourth-order valence-electron chi connectivity index (χ4n) is 9.48. The Balaban J connectivity index is 1.60. The van der Waals surface area contributed by atoms with E-state index in [1.807, 2.05) is 6.08 Å². The molecule has 2 N–H and O–H groups in total.